The first-order chi connectivity index (χ1) is 22.9. The van der Waals surface area contributed by atoms with Crippen molar-refractivity contribution in [3.8, 4) is 33.8 Å². The van der Waals surface area contributed by atoms with Gasteiger partial charge in [-0.3, -0.25) is 0 Å². The molecule has 0 bridgehead atoms. The first-order valence-corrected chi connectivity index (χ1v) is 17.4. The molecule has 0 radical (unpaired) electrons. The van der Waals surface area contributed by atoms with Crippen molar-refractivity contribution in [3.05, 3.63) is 167 Å². The molecule has 0 saturated carbocycles. The standard InChI is InChI=1S/C44H42O2S/c1-5-31-26-39(28-42(44(31)46)40(6-2)37-23-21-36(22-24-37)34-15-11-8-12-16-34)47-38-25-29(3)43(45)41(27-38)30(4)32-17-19-35(20-18-32)33-13-9-7-10-14-33/h7-28,30,40,45-46H,5-6H2,1-4H3. The van der Waals surface area contributed by atoms with E-state index < -0.39 is 0 Å². The van der Waals surface area contributed by atoms with Gasteiger partial charge < -0.3 is 10.2 Å². The molecule has 2 atom stereocenters. The van der Waals surface area contributed by atoms with E-state index in [0.29, 0.717) is 11.5 Å². The van der Waals surface area contributed by atoms with Gasteiger partial charge in [-0.1, -0.05) is 142 Å². The van der Waals surface area contributed by atoms with Crippen LogP contribution in [0.25, 0.3) is 22.3 Å². The van der Waals surface area contributed by atoms with Gasteiger partial charge in [-0.25, -0.2) is 0 Å². The summed E-state index contributed by atoms with van der Waals surface area (Å²) in [6, 6.07) is 46.7. The third-order valence-electron chi connectivity index (χ3n) is 9.30. The second-order valence-corrected chi connectivity index (χ2v) is 13.5. The summed E-state index contributed by atoms with van der Waals surface area (Å²) in [7, 11) is 0. The summed E-state index contributed by atoms with van der Waals surface area (Å²) in [4.78, 5) is 2.16. The molecule has 3 heteroatoms. The summed E-state index contributed by atoms with van der Waals surface area (Å²) in [5.74, 6) is 0.830. The molecule has 0 amide bonds. The van der Waals surface area contributed by atoms with Gasteiger partial charge in [-0.05, 0) is 88.5 Å². The predicted octanol–water partition coefficient (Wildman–Crippen LogP) is 12.1. The van der Waals surface area contributed by atoms with E-state index in [9.17, 15) is 10.2 Å². The second kappa shape index (κ2) is 14.4. The minimum atomic E-state index is 0.0176. The fourth-order valence-electron chi connectivity index (χ4n) is 6.53. The zero-order valence-electron chi connectivity index (χ0n) is 27.6. The molecule has 0 aliphatic heterocycles. The Morgan fingerprint density at radius 1 is 0.553 bits per heavy atom. The van der Waals surface area contributed by atoms with Crippen molar-refractivity contribution in [3.63, 3.8) is 0 Å². The Hall–Kier alpha value is -4.73. The van der Waals surface area contributed by atoms with E-state index in [0.717, 1.165) is 50.4 Å². The Kier molecular flexibility index (Phi) is 9.84. The highest BCUT2D eigenvalue weighted by Crippen LogP contribution is 2.43. The Labute approximate surface area is 283 Å². The van der Waals surface area contributed by atoms with Gasteiger partial charge in [0.15, 0.2) is 0 Å². The lowest BCUT2D eigenvalue weighted by molar-refractivity contribution is 0.456. The van der Waals surface area contributed by atoms with Gasteiger partial charge in [-0.2, -0.15) is 0 Å². The van der Waals surface area contributed by atoms with E-state index >= 15 is 0 Å². The number of rotatable bonds is 10. The Morgan fingerprint density at radius 2 is 1.04 bits per heavy atom. The van der Waals surface area contributed by atoms with Crippen LogP contribution in [0.2, 0.25) is 0 Å². The van der Waals surface area contributed by atoms with Crippen LogP contribution in [0.5, 0.6) is 11.5 Å². The van der Waals surface area contributed by atoms with Crippen molar-refractivity contribution < 1.29 is 10.2 Å². The van der Waals surface area contributed by atoms with Crippen molar-refractivity contribution in [1.82, 2.24) is 0 Å². The van der Waals surface area contributed by atoms with Crippen LogP contribution in [0.4, 0.5) is 0 Å². The SMILES string of the molecule is CCc1cc(Sc2cc(C)c(O)c(C(C)c3ccc(-c4ccccc4)cc3)c2)cc(C(CC)c2ccc(-c3ccccc3)cc2)c1O. The lowest BCUT2D eigenvalue weighted by atomic mass is 9.86. The molecule has 0 aliphatic rings. The maximum absolute atomic E-state index is 11.4. The van der Waals surface area contributed by atoms with Crippen LogP contribution < -0.4 is 0 Å². The van der Waals surface area contributed by atoms with E-state index in [1.54, 1.807) is 11.8 Å². The van der Waals surface area contributed by atoms with Crippen LogP contribution in [0, 0.1) is 6.92 Å². The monoisotopic (exact) mass is 634 g/mol. The first-order valence-electron chi connectivity index (χ1n) is 16.5. The molecular weight excluding hydrogens is 593 g/mol. The maximum Gasteiger partial charge on any atom is 0.122 e. The number of aromatic hydroxyl groups is 2. The topological polar surface area (TPSA) is 40.5 Å². The average Bonchev–Trinajstić information content (AvgIpc) is 3.12. The van der Waals surface area contributed by atoms with Crippen molar-refractivity contribution in [2.75, 3.05) is 0 Å². The van der Waals surface area contributed by atoms with Gasteiger partial charge in [0, 0.05) is 32.8 Å². The van der Waals surface area contributed by atoms with Crippen LogP contribution in [0.1, 0.15) is 72.4 Å². The van der Waals surface area contributed by atoms with Crippen LogP contribution in [-0.2, 0) is 6.42 Å². The van der Waals surface area contributed by atoms with Crippen LogP contribution >= 0.6 is 11.8 Å². The summed E-state index contributed by atoms with van der Waals surface area (Å²) < 4.78 is 0. The fourth-order valence-corrected chi connectivity index (χ4v) is 7.61. The third kappa shape index (κ3) is 7.01. The molecule has 47 heavy (non-hydrogen) atoms. The minimum absolute atomic E-state index is 0.0176. The number of phenols is 2. The molecule has 6 aromatic rings. The molecule has 2 unspecified atom stereocenters. The lowest BCUT2D eigenvalue weighted by Gasteiger charge is -2.21. The summed E-state index contributed by atoms with van der Waals surface area (Å²) in [5.41, 5.74) is 10.8. The number of phenolic OH excluding ortho intramolecular Hbond substituents is 2. The summed E-state index contributed by atoms with van der Waals surface area (Å²) in [6.07, 6.45) is 1.62. The Morgan fingerprint density at radius 3 is 1.57 bits per heavy atom. The highest BCUT2D eigenvalue weighted by Gasteiger charge is 2.21. The number of hydrogen-bond acceptors (Lipinski definition) is 3. The van der Waals surface area contributed by atoms with Crippen molar-refractivity contribution >= 4 is 11.8 Å². The molecule has 236 valence electrons. The second-order valence-electron chi connectivity index (χ2n) is 12.3. The Balaban J connectivity index is 1.29. The molecule has 6 rings (SSSR count). The van der Waals surface area contributed by atoms with Crippen LogP contribution in [-0.4, -0.2) is 10.2 Å². The average molecular weight is 635 g/mol. The van der Waals surface area contributed by atoms with Gasteiger partial charge in [0.1, 0.15) is 11.5 Å². The molecule has 0 aromatic heterocycles. The molecule has 0 spiro atoms. The molecular formula is C44H42O2S. The molecule has 6 aromatic carbocycles. The van der Waals surface area contributed by atoms with Crippen molar-refractivity contribution in [2.45, 2.75) is 62.2 Å². The fraction of sp³-hybridized carbons (Fsp3) is 0.182. The highest BCUT2D eigenvalue weighted by atomic mass is 32.2. The highest BCUT2D eigenvalue weighted by molar-refractivity contribution is 7.99. The normalized spacial score (nSPS) is 12.5. The van der Waals surface area contributed by atoms with Crippen molar-refractivity contribution in [2.24, 2.45) is 0 Å². The van der Waals surface area contributed by atoms with Gasteiger partial charge in [0.05, 0.1) is 0 Å². The molecule has 0 aliphatic carbocycles. The maximum atomic E-state index is 11.4. The van der Waals surface area contributed by atoms with Gasteiger partial charge in [0.2, 0.25) is 0 Å². The number of aryl methyl sites for hydroxylation is 2. The van der Waals surface area contributed by atoms with E-state index in [1.165, 1.54) is 27.8 Å². The van der Waals surface area contributed by atoms with Crippen LogP contribution in [0.3, 0.4) is 0 Å². The van der Waals surface area contributed by atoms with Gasteiger partial charge >= 0.3 is 0 Å². The van der Waals surface area contributed by atoms with E-state index in [2.05, 4.69) is 142 Å². The quantitative estimate of drug-likeness (QED) is 0.157. The van der Waals surface area contributed by atoms with E-state index in [-0.39, 0.29) is 11.8 Å². The summed E-state index contributed by atoms with van der Waals surface area (Å²) in [6.45, 7) is 8.41. The van der Waals surface area contributed by atoms with Crippen LogP contribution in [0.15, 0.2) is 143 Å². The lowest BCUT2D eigenvalue weighted by Crippen LogP contribution is -2.02. The van der Waals surface area contributed by atoms with Gasteiger partial charge in [0.25, 0.3) is 0 Å². The third-order valence-corrected chi connectivity index (χ3v) is 10.2. The molecule has 2 nitrogen and oxygen atoms in total. The smallest absolute Gasteiger partial charge is 0.122 e. The van der Waals surface area contributed by atoms with Gasteiger partial charge in [-0.15, -0.1) is 0 Å². The molecule has 2 N–H and O–H groups in total. The predicted molar refractivity (Wildman–Crippen MR) is 198 cm³/mol. The van der Waals surface area contributed by atoms with E-state index in [1.807, 2.05) is 19.1 Å². The molecule has 0 fully saturated rings. The molecule has 0 saturated heterocycles. The number of hydrogen-bond donors (Lipinski definition) is 2. The van der Waals surface area contributed by atoms with E-state index in [4.69, 9.17) is 0 Å². The zero-order valence-corrected chi connectivity index (χ0v) is 28.4. The number of benzene rings is 6. The summed E-state index contributed by atoms with van der Waals surface area (Å²) in [5, 5.41) is 22.6. The summed E-state index contributed by atoms with van der Waals surface area (Å²) >= 11 is 1.69. The Bertz CT molecular complexity index is 1950. The largest absolute Gasteiger partial charge is 0.507 e. The minimum Gasteiger partial charge on any atom is -0.507 e. The zero-order chi connectivity index (χ0) is 32.9. The first kappa shape index (κ1) is 32.2. The van der Waals surface area contributed by atoms with Crippen molar-refractivity contribution in [1.29, 1.82) is 0 Å². The molecule has 0 heterocycles.